The average Bonchev–Trinajstić information content (AvgIpc) is 2.50. The van der Waals surface area contributed by atoms with E-state index in [1.165, 1.54) is 12.8 Å². The van der Waals surface area contributed by atoms with Gasteiger partial charge in [0.1, 0.15) is 5.54 Å². The number of carbonyl (C=O) groups is 1. The van der Waals surface area contributed by atoms with Crippen LogP contribution >= 0.6 is 0 Å². The molecule has 4 heteroatoms. The maximum atomic E-state index is 12.3. The zero-order valence-corrected chi connectivity index (χ0v) is 13.1. The minimum Gasteiger partial charge on any atom is -0.353 e. The first kappa shape index (κ1) is 16.0. The number of benzene rings is 1. The number of likely N-dealkylation sites (tertiary alicyclic amines) is 1. The van der Waals surface area contributed by atoms with Crippen LogP contribution in [0.5, 0.6) is 0 Å². The summed E-state index contributed by atoms with van der Waals surface area (Å²) < 4.78 is 0. The van der Waals surface area contributed by atoms with Gasteiger partial charge in [0, 0.05) is 13.1 Å². The van der Waals surface area contributed by atoms with Crippen LogP contribution < -0.4 is 11.1 Å². The SMILES string of the molecule is CC1CCN(CCNC(=O)C(C)(N)c2ccccc2)CC1. The number of carbonyl (C=O) groups excluding carboxylic acids is 1. The molecule has 0 aromatic heterocycles. The van der Waals surface area contributed by atoms with E-state index in [4.69, 9.17) is 5.73 Å². The van der Waals surface area contributed by atoms with Crippen molar-refractivity contribution in [3.8, 4) is 0 Å². The molecule has 116 valence electrons. The molecule has 1 aromatic rings. The highest BCUT2D eigenvalue weighted by Crippen LogP contribution is 2.17. The van der Waals surface area contributed by atoms with Crippen LogP contribution in [-0.4, -0.2) is 37.0 Å². The number of nitrogens with one attached hydrogen (secondary N) is 1. The van der Waals surface area contributed by atoms with Gasteiger partial charge in [-0.3, -0.25) is 4.79 Å². The third-order valence-electron chi connectivity index (χ3n) is 4.43. The molecule has 0 bridgehead atoms. The van der Waals surface area contributed by atoms with Crippen molar-refractivity contribution in [1.29, 1.82) is 0 Å². The summed E-state index contributed by atoms with van der Waals surface area (Å²) in [4.78, 5) is 14.7. The van der Waals surface area contributed by atoms with Crippen LogP contribution in [0.25, 0.3) is 0 Å². The Bertz CT molecular complexity index is 450. The zero-order valence-electron chi connectivity index (χ0n) is 13.1. The van der Waals surface area contributed by atoms with Crippen LogP contribution in [0.3, 0.4) is 0 Å². The summed E-state index contributed by atoms with van der Waals surface area (Å²) in [6, 6.07) is 9.53. The maximum absolute atomic E-state index is 12.3. The third kappa shape index (κ3) is 4.29. The molecular formula is C17H27N3O. The Hall–Kier alpha value is -1.39. The molecule has 0 saturated carbocycles. The summed E-state index contributed by atoms with van der Waals surface area (Å²) in [5.41, 5.74) is 6.06. The Morgan fingerprint density at radius 1 is 1.33 bits per heavy atom. The van der Waals surface area contributed by atoms with Gasteiger partial charge in [-0.25, -0.2) is 0 Å². The van der Waals surface area contributed by atoms with Gasteiger partial charge in [0.15, 0.2) is 0 Å². The van der Waals surface area contributed by atoms with Gasteiger partial charge in [-0.1, -0.05) is 37.3 Å². The van der Waals surface area contributed by atoms with E-state index in [2.05, 4.69) is 17.1 Å². The zero-order chi connectivity index (χ0) is 15.3. The molecule has 1 aliphatic rings. The molecule has 21 heavy (non-hydrogen) atoms. The molecule has 1 amide bonds. The van der Waals surface area contributed by atoms with Gasteiger partial charge in [0.25, 0.3) is 0 Å². The van der Waals surface area contributed by atoms with Crippen molar-refractivity contribution in [2.75, 3.05) is 26.2 Å². The Morgan fingerprint density at radius 2 is 1.95 bits per heavy atom. The van der Waals surface area contributed by atoms with Crippen LogP contribution in [0.1, 0.15) is 32.3 Å². The second-order valence-electron chi connectivity index (χ2n) is 6.35. The van der Waals surface area contributed by atoms with Gasteiger partial charge in [-0.2, -0.15) is 0 Å². The summed E-state index contributed by atoms with van der Waals surface area (Å²) >= 11 is 0. The Labute approximate surface area is 127 Å². The number of nitrogens with two attached hydrogens (primary N) is 1. The molecule has 4 nitrogen and oxygen atoms in total. The first-order valence-electron chi connectivity index (χ1n) is 7.85. The molecule has 3 N–H and O–H groups in total. The molecule has 1 atom stereocenters. The minimum absolute atomic E-state index is 0.112. The predicted octanol–water partition coefficient (Wildman–Crippen LogP) is 1.71. The van der Waals surface area contributed by atoms with Crippen molar-refractivity contribution in [3.63, 3.8) is 0 Å². The molecule has 0 aliphatic carbocycles. The largest absolute Gasteiger partial charge is 0.353 e. The van der Waals surface area contributed by atoms with Crippen molar-refractivity contribution in [2.24, 2.45) is 11.7 Å². The fourth-order valence-corrected chi connectivity index (χ4v) is 2.71. The monoisotopic (exact) mass is 289 g/mol. The smallest absolute Gasteiger partial charge is 0.244 e. The molecule has 1 heterocycles. The summed E-state index contributed by atoms with van der Waals surface area (Å²) in [6.45, 7) is 7.90. The number of rotatable bonds is 5. The van der Waals surface area contributed by atoms with E-state index in [-0.39, 0.29) is 5.91 Å². The van der Waals surface area contributed by atoms with Crippen molar-refractivity contribution >= 4 is 5.91 Å². The van der Waals surface area contributed by atoms with Gasteiger partial charge in [0.2, 0.25) is 5.91 Å². The highest BCUT2D eigenvalue weighted by atomic mass is 16.2. The van der Waals surface area contributed by atoms with E-state index in [9.17, 15) is 4.79 Å². The molecular weight excluding hydrogens is 262 g/mol. The number of amides is 1. The Balaban J connectivity index is 1.79. The lowest BCUT2D eigenvalue weighted by molar-refractivity contribution is -0.126. The molecule has 1 unspecified atom stereocenters. The highest BCUT2D eigenvalue weighted by Gasteiger charge is 2.30. The first-order chi connectivity index (χ1) is 10.00. The van der Waals surface area contributed by atoms with E-state index in [0.717, 1.165) is 31.1 Å². The summed E-state index contributed by atoms with van der Waals surface area (Å²) in [7, 11) is 0. The van der Waals surface area contributed by atoms with Gasteiger partial charge in [-0.05, 0) is 44.3 Å². The Kier molecular flexibility index (Phi) is 5.37. The van der Waals surface area contributed by atoms with Gasteiger partial charge in [0.05, 0.1) is 0 Å². The number of hydrogen-bond donors (Lipinski definition) is 2. The molecule has 0 spiro atoms. The standard InChI is InChI=1S/C17H27N3O/c1-14-8-11-20(12-9-14)13-10-19-16(21)17(2,18)15-6-4-3-5-7-15/h3-7,14H,8-13,18H2,1-2H3,(H,19,21). The maximum Gasteiger partial charge on any atom is 0.244 e. The quantitative estimate of drug-likeness (QED) is 0.867. The van der Waals surface area contributed by atoms with E-state index >= 15 is 0 Å². The summed E-state index contributed by atoms with van der Waals surface area (Å²) in [5.74, 6) is 0.723. The van der Waals surface area contributed by atoms with Crippen molar-refractivity contribution in [3.05, 3.63) is 35.9 Å². The van der Waals surface area contributed by atoms with Crippen molar-refractivity contribution in [2.45, 2.75) is 32.2 Å². The molecule has 1 aliphatic heterocycles. The van der Waals surface area contributed by atoms with Gasteiger partial charge < -0.3 is 16.0 Å². The van der Waals surface area contributed by atoms with E-state index in [1.54, 1.807) is 6.92 Å². The first-order valence-corrected chi connectivity index (χ1v) is 7.85. The second-order valence-corrected chi connectivity index (χ2v) is 6.35. The normalized spacial score (nSPS) is 20.0. The molecule has 2 rings (SSSR count). The third-order valence-corrected chi connectivity index (χ3v) is 4.43. The fourth-order valence-electron chi connectivity index (χ4n) is 2.71. The lowest BCUT2D eigenvalue weighted by Gasteiger charge is -2.30. The van der Waals surface area contributed by atoms with Crippen molar-refractivity contribution < 1.29 is 4.79 Å². The predicted molar refractivity (Wildman–Crippen MR) is 85.8 cm³/mol. The fraction of sp³-hybridized carbons (Fsp3) is 0.588. The van der Waals surface area contributed by atoms with E-state index in [0.29, 0.717) is 6.54 Å². The molecule has 0 radical (unpaired) electrons. The van der Waals surface area contributed by atoms with E-state index < -0.39 is 5.54 Å². The molecule has 1 fully saturated rings. The van der Waals surface area contributed by atoms with Crippen LogP contribution in [0, 0.1) is 5.92 Å². The summed E-state index contributed by atoms with van der Waals surface area (Å²) in [5, 5.41) is 2.97. The van der Waals surface area contributed by atoms with Gasteiger partial charge in [-0.15, -0.1) is 0 Å². The Morgan fingerprint density at radius 3 is 2.57 bits per heavy atom. The topological polar surface area (TPSA) is 58.4 Å². The number of hydrogen-bond acceptors (Lipinski definition) is 3. The van der Waals surface area contributed by atoms with Crippen LogP contribution in [-0.2, 0) is 10.3 Å². The summed E-state index contributed by atoms with van der Waals surface area (Å²) in [6.07, 6.45) is 2.51. The van der Waals surface area contributed by atoms with Crippen LogP contribution in [0.2, 0.25) is 0 Å². The second kappa shape index (κ2) is 7.05. The average molecular weight is 289 g/mol. The number of nitrogens with zero attached hydrogens (tertiary/aromatic N) is 1. The van der Waals surface area contributed by atoms with Gasteiger partial charge >= 0.3 is 0 Å². The van der Waals surface area contributed by atoms with Crippen molar-refractivity contribution in [1.82, 2.24) is 10.2 Å². The highest BCUT2D eigenvalue weighted by molar-refractivity contribution is 5.86. The van der Waals surface area contributed by atoms with Crippen LogP contribution in [0.4, 0.5) is 0 Å². The lowest BCUT2D eigenvalue weighted by Crippen LogP contribution is -2.50. The van der Waals surface area contributed by atoms with E-state index in [1.807, 2.05) is 30.3 Å². The molecule has 1 saturated heterocycles. The minimum atomic E-state index is -0.975. The molecule has 1 aromatic carbocycles. The number of piperidine rings is 1. The van der Waals surface area contributed by atoms with Crippen LogP contribution in [0.15, 0.2) is 30.3 Å². The lowest BCUT2D eigenvalue weighted by atomic mass is 9.92.